The fraction of sp³-hybridized carbons (Fsp3) is 0.222. The normalized spacial score (nSPS) is 9.56. The third-order valence-electron chi connectivity index (χ3n) is 1.91. The van der Waals surface area contributed by atoms with Crippen molar-refractivity contribution in [2.24, 2.45) is 0 Å². The van der Waals surface area contributed by atoms with Crippen LogP contribution in [-0.4, -0.2) is 23.2 Å². The minimum atomic E-state index is -1.17. The van der Waals surface area contributed by atoms with E-state index in [1.165, 1.54) is 25.3 Å². The fourth-order valence-corrected chi connectivity index (χ4v) is 1.16. The number of nitro groups is 1. The van der Waals surface area contributed by atoms with Gasteiger partial charge >= 0.3 is 6.09 Å². The summed E-state index contributed by atoms with van der Waals surface area (Å²) in [6.45, 7) is 0.0382. The first-order chi connectivity index (χ1) is 7.54. The minimum Gasteiger partial charge on any atom is -0.496 e. The topological polar surface area (TPSA) is 102 Å². The minimum absolute atomic E-state index is 0.0382. The van der Waals surface area contributed by atoms with Crippen molar-refractivity contribution in [3.63, 3.8) is 0 Å². The number of carbonyl (C=O) groups is 1. The van der Waals surface area contributed by atoms with Gasteiger partial charge in [-0.3, -0.25) is 10.1 Å². The molecule has 1 aromatic carbocycles. The summed E-state index contributed by atoms with van der Waals surface area (Å²) in [6.07, 6.45) is -1.17. The van der Waals surface area contributed by atoms with E-state index >= 15 is 0 Å². The van der Waals surface area contributed by atoms with Crippen LogP contribution in [-0.2, 0) is 6.54 Å². The van der Waals surface area contributed by atoms with Crippen molar-refractivity contribution in [2.75, 3.05) is 7.11 Å². The van der Waals surface area contributed by atoms with Gasteiger partial charge in [0.15, 0.2) is 0 Å². The van der Waals surface area contributed by atoms with Crippen molar-refractivity contribution in [3.05, 3.63) is 33.9 Å². The van der Waals surface area contributed by atoms with Crippen LogP contribution < -0.4 is 10.1 Å². The maximum Gasteiger partial charge on any atom is 0.404 e. The molecular weight excluding hydrogens is 216 g/mol. The molecule has 0 aromatic heterocycles. The molecule has 0 unspecified atom stereocenters. The van der Waals surface area contributed by atoms with Crippen molar-refractivity contribution in [1.29, 1.82) is 0 Å². The van der Waals surface area contributed by atoms with Gasteiger partial charge in [-0.05, 0) is 6.07 Å². The molecule has 0 aliphatic rings. The summed E-state index contributed by atoms with van der Waals surface area (Å²) in [6, 6.07) is 3.99. The predicted molar refractivity (Wildman–Crippen MR) is 54.5 cm³/mol. The number of ether oxygens (including phenoxy) is 1. The number of methoxy groups -OCH3 is 1. The van der Waals surface area contributed by atoms with Gasteiger partial charge in [-0.1, -0.05) is 0 Å². The van der Waals surface area contributed by atoms with Crippen molar-refractivity contribution in [3.8, 4) is 5.75 Å². The molecule has 0 saturated heterocycles. The van der Waals surface area contributed by atoms with Crippen molar-refractivity contribution < 1.29 is 19.6 Å². The van der Waals surface area contributed by atoms with E-state index in [-0.39, 0.29) is 18.0 Å². The van der Waals surface area contributed by atoms with Crippen molar-refractivity contribution in [1.82, 2.24) is 5.32 Å². The van der Waals surface area contributed by atoms with Gasteiger partial charge in [0, 0.05) is 18.2 Å². The standard InChI is InChI=1S/C9H10N2O5/c1-16-8-4-7(11(14)15)3-2-6(8)5-10-9(12)13/h2-4,10H,5H2,1H3,(H,12,13). The molecule has 0 saturated carbocycles. The number of non-ortho nitro benzene ring substituents is 1. The molecule has 0 bridgehead atoms. The largest absolute Gasteiger partial charge is 0.496 e. The van der Waals surface area contributed by atoms with Crippen LogP contribution in [0.5, 0.6) is 5.75 Å². The number of amides is 1. The molecule has 0 heterocycles. The van der Waals surface area contributed by atoms with E-state index in [9.17, 15) is 14.9 Å². The molecule has 7 nitrogen and oxygen atoms in total. The highest BCUT2D eigenvalue weighted by molar-refractivity contribution is 5.64. The van der Waals surface area contributed by atoms with Crippen LogP contribution in [0.25, 0.3) is 0 Å². The van der Waals surface area contributed by atoms with Gasteiger partial charge in [0.25, 0.3) is 5.69 Å². The molecule has 2 N–H and O–H groups in total. The Balaban J connectivity index is 2.93. The Morgan fingerprint density at radius 1 is 1.62 bits per heavy atom. The lowest BCUT2D eigenvalue weighted by Crippen LogP contribution is -2.20. The molecule has 1 aromatic rings. The molecule has 1 amide bonds. The van der Waals surface area contributed by atoms with E-state index in [0.29, 0.717) is 5.56 Å². The zero-order chi connectivity index (χ0) is 12.1. The van der Waals surface area contributed by atoms with Gasteiger partial charge in [0.1, 0.15) is 5.75 Å². The molecule has 1 rings (SSSR count). The van der Waals surface area contributed by atoms with Gasteiger partial charge < -0.3 is 15.2 Å². The third kappa shape index (κ3) is 2.84. The van der Waals surface area contributed by atoms with E-state index < -0.39 is 11.0 Å². The predicted octanol–water partition coefficient (Wildman–Crippen LogP) is 1.37. The third-order valence-corrected chi connectivity index (χ3v) is 1.91. The fourth-order valence-electron chi connectivity index (χ4n) is 1.16. The average Bonchev–Trinajstić information content (AvgIpc) is 2.25. The Labute approximate surface area is 90.8 Å². The number of benzene rings is 1. The number of nitrogens with one attached hydrogen (secondary N) is 1. The summed E-state index contributed by atoms with van der Waals surface area (Å²) < 4.78 is 4.93. The second-order valence-electron chi connectivity index (χ2n) is 2.91. The monoisotopic (exact) mass is 226 g/mol. The van der Waals surface area contributed by atoms with E-state index in [0.717, 1.165) is 0 Å². The first kappa shape index (κ1) is 11.8. The van der Waals surface area contributed by atoms with Crippen LogP contribution in [0.4, 0.5) is 10.5 Å². The summed E-state index contributed by atoms with van der Waals surface area (Å²) in [5, 5.41) is 21.1. The van der Waals surface area contributed by atoms with Gasteiger partial charge in [-0.25, -0.2) is 4.79 Å². The van der Waals surface area contributed by atoms with E-state index in [1.807, 2.05) is 0 Å². The van der Waals surface area contributed by atoms with Gasteiger partial charge in [-0.15, -0.1) is 0 Å². The van der Waals surface area contributed by atoms with Crippen LogP contribution in [0.2, 0.25) is 0 Å². The van der Waals surface area contributed by atoms with Gasteiger partial charge in [0.05, 0.1) is 18.1 Å². The number of carboxylic acid groups (broad SMARTS) is 1. The number of hydrogen-bond donors (Lipinski definition) is 2. The number of rotatable bonds is 4. The highest BCUT2D eigenvalue weighted by Crippen LogP contribution is 2.24. The van der Waals surface area contributed by atoms with E-state index in [4.69, 9.17) is 9.84 Å². The number of hydrogen-bond acceptors (Lipinski definition) is 4. The molecule has 0 radical (unpaired) electrons. The first-order valence-corrected chi connectivity index (χ1v) is 4.32. The Bertz CT molecular complexity index is 418. The SMILES string of the molecule is COc1cc([N+](=O)[O-])ccc1CNC(=O)O. The van der Waals surface area contributed by atoms with Crippen LogP contribution in [0.1, 0.15) is 5.56 Å². The lowest BCUT2D eigenvalue weighted by molar-refractivity contribution is -0.384. The molecule has 0 aliphatic heterocycles. The number of nitrogens with zero attached hydrogens (tertiary/aromatic N) is 1. The second-order valence-corrected chi connectivity index (χ2v) is 2.91. The molecular formula is C9H10N2O5. The molecule has 0 atom stereocenters. The first-order valence-electron chi connectivity index (χ1n) is 4.32. The highest BCUT2D eigenvalue weighted by Gasteiger charge is 2.11. The quantitative estimate of drug-likeness (QED) is 0.596. The number of nitro benzene ring substituents is 1. The maximum atomic E-state index is 10.5. The molecule has 0 spiro atoms. The Morgan fingerprint density at radius 3 is 2.81 bits per heavy atom. The smallest absolute Gasteiger partial charge is 0.404 e. The van der Waals surface area contributed by atoms with Crippen LogP contribution >= 0.6 is 0 Å². The molecule has 16 heavy (non-hydrogen) atoms. The lowest BCUT2D eigenvalue weighted by atomic mass is 10.2. The summed E-state index contributed by atoms with van der Waals surface area (Å²) in [5.41, 5.74) is 0.437. The van der Waals surface area contributed by atoms with E-state index in [2.05, 4.69) is 5.32 Å². The summed E-state index contributed by atoms with van der Waals surface area (Å²) in [4.78, 5) is 20.2. The average molecular weight is 226 g/mol. The van der Waals surface area contributed by atoms with Crippen molar-refractivity contribution in [2.45, 2.75) is 6.54 Å². The summed E-state index contributed by atoms with van der Waals surface area (Å²) >= 11 is 0. The Morgan fingerprint density at radius 2 is 2.31 bits per heavy atom. The zero-order valence-electron chi connectivity index (χ0n) is 8.47. The Hall–Kier alpha value is -2.31. The van der Waals surface area contributed by atoms with Crippen LogP contribution in [0, 0.1) is 10.1 Å². The molecule has 7 heteroatoms. The maximum absolute atomic E-state index is 10.5. The lowest BCUT2D eigenvalue weighted by Gasteiger charge is -2.07. The van der Waals surface area contributed by atoms with E-state index in [1.54, 1.807) is 0 Å². The summed E-state index contributed by atoms with van der Waals surface area (Å²) in [5.74, 6) is 0.281. The second kappa shape index (κ2) is 4.96. The van der Waals surface area contributed by atoms with Gasteiger partial charge in [-0.2, -0.15) is 0 Å². The highest BCUT2D eigenvalue weighted by atomic mass is 16.6. The molecule has 86 valence electrons. The zero-order valence-corrected chi connectivity index (χ0v) is 8.47. The Kier molecular flexibility index (Phi) is 3.65. The van der Waals surface area contributed by atoms with Crippen LogP contribution in [0.3, 0.4) is 0 Å². The van der Waals surface area contributed by atoms with Gasteiger partial charge in [0.2, 0.25) is 0 Å². The molecule has 0 fully saturated rings. The van der Waals surface area contributed by atoms with Crippen molar-refractivity contribution >= 4 is 11.8 Å². The summed E-state index contributed by atoms with van der Waals surface area (Å²) in [7, 11) is 1.36. The van der Waals surface area contributed by atoms with Crippen LogP contribution in [0.15, 0.2) is 18.2 Å². The molecule has 0 aliphatic carbocycles.